The lowest BCUT2D eigenvalue weighted by atomic mass is 9.70. The monoisotopic (exact) mass is 658 g/mol. The maximum atomic E-state index is 13.5. The molecule has 244 valence electrons. The Morgan fingerprint density at radius 2 is 1.93 bits per heavy atom. The van der Waals surface area contributed by atoms with Gasteiger partial charge in [-0.2, -0.15) is 0 Å². The first-order valence-electron chi connectivity index (χ1n) is 16.0. The number of fused-ring (bicyclic) bond motifs is 4. The van der Waals surface area contributed by atoms with Crippen molar-refractivity contribution in [2.24, 2.45) is 17.8 Å². The number of carbonyl (C=O) groups is 1. The Bertz CT molecular complexity index is 1500. The summed E-state index contributed by atoms with van der Waals surface area (Å²) in [5.41, 5.74) is 3.34. The van der Waals surface area contributed by atoms with Crippen molar-refractivity contribution in [3.63, 3.8) is 0 Å². The molecule has 11 heteroatoms. The molecular formula is C34H43ClN2O7S. The molecule has 0 spiro atoms. The molecule has 45 heavy (non-hydrogen) atoms. The van der Waals surface area contributed by atoms with Gasteiger partial charge in [-0.3, -0.25) is 4.79 Å². The predicted octanol–water partition coefficient (Wildman–Crippen LogP) is 5.15. The number of halogens is 1. The fraction of sp³-hybridized carbons (Fsp3) is 0.559. The Labute approximate surface area is 271 Å². The van der Waals surface area contributed by atoms with Crippen molar-refractivity contribution in [3.05, 3.63) is 70.3 Å². The topological polar surface area (TPSA) is 103 Å². The second-order valence-corrected chi connectivity index (χ2v) is 14.9. The molecule has 1 aliphatic carbocycles. The van der Waals surface area contributed by atoms with Crippen molar-refractivity contribution in [2.45, 2.75) is 56.5 Å². The minimum absolute atomic E-state index is 0.0536. The van der Waals surface area contributed by atoms with Crippen LogP contribution in [0.1, 0.15) is 53.6 Å². The van der Waals surface area contributed by atoms with Gasteiger partial charge >= 0.3 is 0 Å². The molecule has 1 N–H and O–H groups in total. The second kappa shape index (κ2) is 14.4. The number of hydrogen-bond donors (Lipinski definition) is 1. The zero-order valence-electron chi connectivity index (χ0n) is 25.8. The molecule has 6 rings (SSSR count). The summed E-state index contributed by atoms with van der Waals surface area (Å²) < 4.78 is 53.0. The summed E-state index contributed by atoms with van der Waals surface area (Å²) >= 11 is 6.34. The van der Waals surface area contributed by atoms with Gasteiger partial charge in [0.15, 0.2) is 0 Å². The maximum Gasteiger partial charge on any atom is 0.264 e. The van der Waals surface area contributed by atoms with Gasteiger partial charge in [-0.15, -0.1) is 0 Å². The quantitative estimate of drug-likeness (QED) is 0.355. The first-order valence-corrected chi connectivity index (χ1v) is 17.9. The van der Waals surface area contributed by atoms with Gasteiger partial charge in [0.05, 0.1) is 38.2 Å². The SMILES string of the molecule is COCCO[C@H]1/C=C/CC2COC[C@H]2S(=O)(=O)NC(=O)c2ccc3c(c2)N(CCCCc2cc(Cl)ccc2CO3)C[C@@H]2CC[C@H]21. The van der Waals surface area contributed by atoms with Crippen molar-refractivity contribution in [3.8, 4) is 5.75 Å². The molecule has 1 unspecified atom stereocenters. The lowest BCUT2D eigenvalue weighted by Gasteiger charge is -2.44. The largest absolute Gasteiger partial charge is 0.487 e. The summed E-state index contributed by atoms with van der Waals surface area (Å²) in [6.45, 7) is 3.28. The van der Waals surface area contributed by atoms with Gasteiger partial charge in [0.1, 0.15) is 17.6 Å². The third kappa shape index (κ3) is 7.52. The van der Waals surface area contributed by atoms with Crippen LogP contribution < -0.4 is 14.4 Å². The first-order chi connectivity index (χ1) is 21.8. The van der Waals surface area contributed by atoms with Crippen LogP contribution in [0.5, 0.6) is 5.75 Å². The van der Waals surface area contributed by atoms with Crippen molar-refractivity contribution >= 4 is 33.2 Å². The summed E-state index contributed by atoms with van der Waals surface area (Å²) in [4.78, 5) is 15.8. The molecule has 2 fully saturated rings. The molecule has 0 radical (unpaired) electrons. The molecular weight excluding hydrogens is 616 g/mol. The number of ether oxygens (including phenoxy) is 4. The van der Waals surface area contributed by atoms with E-state index in [0.29, 0.717) is 55.5 Å². The summed E-state index contributed by atoms with van der Waals surface area (Å²) in [5.74, 6) is 0.445. The predicted molar refractivity (Wildman–Crippen MR) is 173 cm³/mol. The van der Waals surface area contributed by atoms with E-state index < -0.39 is 21.2 Å². The number of nitrogens with one attached hydrogen (secondary N) is 1. The number of benzene rings is 2. The van der Waals surface area contributed by atoms with E-state index in [0.717, 1.165) is 56.4 Å². The molecule has 1 saturated heterocycles. The van der Waals surface area contributed by atoms with Crippen LogP contribution in [0.3, 0.4) is 0 Å². The van der Waals surface area contributed by atoms with Gasteiger partial charge in [0.25, 0.3) is 5.91 Å². The van der Waals surface area contributed by atoms with Gasteiger partial charge in [0.2, 0.25) is 10.0 Å². The average molecular weight is 659 g/mol. The second-order valence-electron chi connectivity index (χ2n) is 12.6. The molecule has 1 amide bonds. The van der Waals surface area contributed by atoms with Crippen molar-refractivity contribution in [2.75, 3.05) is 51.5 Å². The van der Waals surface area contributed by atoms with E-state index in [2.05, 4.69) is 15.7 Å². The number of aryl methyl sites for hydroxylation is 1. The Balaban J connectivity index is 1.37. The molecule has 2 bridgehead atoms. The number of hydrogen-bond acceptors (Lipinski definition) is 8. The summed E-state index contributed by atoms with van der Waals surface area (Å²) in [5, 5.41) is -0.111. The van der Waals surface area contributed by atoms with E-state index in [-0.39, 0.29) is 24.2 Å². The number of amides is 1. The van der Waals surface area contributed by atoms with Crippen LogP contribution in [0.15, 0.2) is 48.6 Å². The van der Waals surface area contributed by atoms with Crippen LogP contribution in [0.2, 0.25) is 5.02 Å². The third-order valence-electron chi connectivity index (χ3n) is 9.73. The molecule has 3 aliphatic heterocycles. The Hall–Kier alpha value is -2.63. The zero-order chi connectivity index (χ0) is 31.4. The molecule has 2 aromatic carbocycles. The standard InChI is InChI=1S/C34H43ClN2O7S/c1-41-15-16-43-31-7-4-6-27-20-42-22-33(27)45(39,40)36-34(38)24-10-13-32-30(18-24)37(19-25-9-12-29(25)31)14-3-2-5-23-17-28(35)11-8-26(23)21-44-32/h4,7-8,10-11,13,17-18,25,27,29,31,33H,2-3,5-6,9,12,14-16,19-22H2,1H3,(H,36,38)/b7-4+/t25-,27?,29+,31-,33+/m0/s1. The lowest BCUT2D eigenvalue weighted by Crippen LogP contribution is -2.44. The van der Waals surface area contributed by atoms with E-state index in [1.165, 1.54) is 5.56 Å². The van der Waals surface area contributed by atoms with E-state index >= 15 is 0 Å². The van der Waals surface area contributed by atoms with Gasteiger partial charge in [-0.05, 0) is 91.8 Å². The minimum Gasteiger partial charge on any atom is -0.487 e. The van der Waals surface area contributed by atoms with Crippen molar-refractivity contribution in [1.29, 1.82) is 0 Å². The highest BCUT2D eigenvalue weighted by Gasteiger charge is 2.41. The highest BCUT2D eigenvalue weighted by molar-refractivity contribution is 7.90. The number of methoxy groups -OCH3 is 1. The zero-order valence-corrected chi connectivity index (χ0v) is 27.4. The third-order valence-corrected chi connectivity index (χ3v) is 11.7. The summed E-state index contributed by atoms with van der Waals surface area (Å²) in [7, 11) is -2.32. The van der Waals surface area contributed by atoms with Crippen LogP contribution in [-0.4, -0.2) is 72.3 Å². The minimum atomic E-state index is -3.99. The highest BCUT2D eigenvalue weighted by Crippen LogP contribution is 2.42. The molecule has 5 atom stereocenters. The first kappa shape index (κ1) is 32.3. The average Bonchev–Trinajstić information content (AvgIpc) is 3.48. The van der Waals surface area contributed by atoms with Crippen molar-refractivity contribution in [1.82, 2.24) is 4.72 Å². The Morgan fingerprint density at radius 3 is 2.76 bits per heavy atom. The molecule has 1 saturated carbocycles. The van der Waals surface area contributed by atoms with Gasteiger partial charge < -0.3 is 23.8 Å². The number of allylic oxidation sites excluding steroid dienone is 1. The van der Waals surface area contributed by atoms with Crippen LogP contribution in [0, 0.1) is 17.8 Å². The Morgan fingerprint density at radius 1 is 1.04 bits per heavy atom. The van der Waals surface area contributed by atoms with Crippen LogP contribution >= 0.6 is 11.6 Å². The van der Waals surface area contributed by atoms with E-state index in [9.17, 15) is 13.2 Å². The lowest BCUT2D eigenvalue weighted by molar-refractivity contribution is -0.0308. The fourth-order valence-electron chi connectivity index (χ4n) is 7.00. The van der Waals surface area contributed by atoms with Crippen LogP contribution in [0.4, 0.5) is 5.69 Å². The number of anilines is 1. The van der Waals surface area contributed by atoms with Gasteiger partial charge in [-0.25, -0.2) is 13.1 Å². The molecule has 2 aromatic rings. The van der Waals surface area contributed by atoms with Crippen molar-refractivity contribution < 1.29 is 32.2 Å². The molecule has 3 heterocycles. The summed E-state index contributed by atoms with van der Waals surface area (Å²) in [6, 6.07) is 11.1. The van der Waals surface area contributed by atoms with Crippen LogP contribution in [0.25, 0.3) is 0 Å². The molecule has 4 aliphatic rings. The summed E-state index contributed by atoms with van der Waals surface area (Å²) in [6.07, 6.45) is 9.49. The molecule has 0 aromatic heterocycles. The number of nitrogens with zero attached hydrogens (tertiary/aromatic N) is 1. The number of rotatable bonds is 4. The Kier molecular flexibility index (Phi) is 10.4. The number of carbonyl (C=O) groups excluding carboxylic acids is 1. The van der Waals surface area contributed by atoms with Crippen LogP contribution in [-0.2, 0) is 37.3 Å². The number of sulfonamides is 1. The van der Waals surface area contributed by atoms with E-state index in [1.54, 1.807) is 25.3 Å². The molecule has 9 nitrogen and oxygen atoms in total. The van der Waals surface area contributed by atoms with Gasteiger partial charge in [0, 0.05) is 36.7 Å². The fourth-order valence-corrected chi connectivity index (χ4v) is 8.69. The smallest absolute Gasteiger partial charge is 0.264 e. The van der Waals surface area contributed by atoms with E-state index in [4.69, 9.17) is 30.5 Å². The van der Waals surface area contributed by atoms with E-state index in [1.807, 2.05) is 24.3 Å². The normalized spacial score (nSPS) is 29.1. The van der Waals surface area contributed by atoms with Gasteiger partial charge in [-0.1, -0.05) is 29.8 Å². The maximum absolute atomic E-state index is 13.5. The highest BCUT2D eigenvalue weighted by atomic mass is 35.5.